The Labute approximate surface area is 190 Å². The van der Waals surface area contributed by atoms with E-state index in [0.29, 0.717) is 23.4 Å². The molecule has 33 heavy (non-hydrogen) atoms. The second-order valence-electron chi connectivity index (χ2n) is 7.35. The van der Waals surface area contributed by atoms with Crippen molar-refractivity contribution in [3.63, 3.8) is 0 Å². The lowest BCUT2D eigenvalue weighted by Gasteiger charge is -2.11. The highest BCUT2D eigenvalue weighted by Crippen LogP contribution is 2.23. The third kappa shape index (κ3) is 4.67. The molecule has 0 N–H and O–H groups in total. The van der Waals surface area contributed by atoms with Crippen LogP contribution in [0, 0.1) is 13.8 Å². The number of benzene rings is 2. The number of esters is 1. The van der Waals surface area contributed by atoms with Crippen LogP contribution < -0.4 is 4.74 Å². The van der Waals surface area contributed by atoms with E-state index in [2.05, 4.69) is 15.5 Å². The van der Waals surface area contributed by atoms with Gasteiger partial charge in [-0.05, 0) is 85.8 Å². The van der Waals surface area contributed by atoms with E-state index < -0.39 is 5.97 Å². The average molecular weight is 445 g/mol. The fourth-order valence-corrected chi connectivity index (χ4v) is 3.62. The Balaban J connectivity index is 1.43. The second-order valence-corrected chi connectivity index (χ2v) is 7.35. The molecule has 2 aromatic carbocycles. The zero-order valence-electron chi connectivity index (χ0n) is 18.6. The van der Waals surface area contributed by atoms with E-state index in [0.717, 1.165) is 22.8 Å². The van der Waals surface area contributed by atoms with E-state index in [1.165, 1.54) is 11.0 Å². The van der Waals surface area contributed by atoms with Gasteiger partial charge in [-0.15, -0.1) is 5.10 Å². The van der Waals surface area contributed by atoms with E-state index in [-0.39, 0.29) is 12.4 Å². The summed E-state index contributed by atoms with van der Waals surface area (Å²) in [5.74, 6) is -0.0520. The Morgan fingerprint density at radius 2 is 1.67 bits per heavy atom. The van der Waals surface area contributed by atoms with Crippen LogP contribution in [0.3, 0.4) is 0 Å². The molecule has 2 aromatic heterocycles. The van der Waals surface area contributed by atoms with Crippen LogP contribution in [0.25, 0.3) is 11.4 Å². The molecule has 0 fully saturated rings. The Bertz CT molecular complexity index is 1260. The number of aromatic nitrogens is 5. The number of ketones is 1. The van der Waals surface area contributed by atoms with E-state index >= 15 is 0 Å². The standard InChI is InChI=1S/C24H23N5O4/c1-4-32-21-11-9-20(10-12-21)29-16(2)13-22(17(29)3)23(30)14-33-24(31)18-5-7-19(8-6-18)28-15-25-26-27-28/h5-13,15H,4,14H2,1-3H3. The lowest BCUT2D eigenvalue weighted by Crippen LogP contribution is -2.15. The van der Waals surface area contributed by atoms with E-state index in [9.17, 15) is 9.59 Å². The van der Waals surface area contributed by atoms with Gasteiger partial charge in [-0.1, -0.05) is 0 Å². The molecule has 0 aliphatic rings. The first-order valence-electron chi connectivity index (χ1n) is 10.4. The number of Topliss-reactive ketones (excluding diaryl/α,β-unsaturated/α-hetero) is 1. The molecule has 0 saturated heterocycles. The summed E-state index contributed by atoms with van der Waals surface area (Å²) in [5, 5.41) is 10.9. The van der Waals surface area contributed by atoms with Gasteiger partial charge in [0, 0.05) is 22.6 Å². The molecule has 0 bridgehead atoms. The summed E-state index contributed by atoms with van der Waals surface area (Å²) < 4.78 is 14.2. The first kappa shape index (κ1) is 21.9. The molecule has 168 valence electrons. The smallest absolute Gasteiger partial charge is 0.338 e. The van der Waals surface area contributed by atoms with Gasteiger partial charge in [0.15, 0.2) is 6.61 Å². The molecule has 0 atom stereocenters. The summed E-state index contributed by atoms with van der Waals surface area (Å²) in [6, 6.07) is 16.1. The lowest BCUT2D eigenvalue weighted by atomic mass is 10.1. The van der Waals surface area contributed by atoms with Gasteiger partial charge in [-0.25, -0.2) is 9.48 Å². The van der Waals surface area contributed by atoms with Crippen LogP contribution in [-0.2, 0) is 4.74 Å². The highest BCUT2D eigenvalue weighted by atomic mass is 16.5. The molecule has 0 amide bonds. The normalized spacial score (nSPS) is 10.8. The predicted molar refractivity (Wildman–Crippen MR) is 120 cm³/mol. The summed E-state index contributed by atoms with van der Waals surface area (Å²) >= 11 is 0. The molecule has 4 rings (SSSR count). The maximum atomic E-state index is 12.8. The quantitative estimate of drug-likeness (QED) is 0.302. The fraction of sp³-hybridized carbons (Fsp3) is 0.208. The highest BCUT2D eigenvalue weighted by Gasteiger charge is 2.19. The van der Waals surface area contributed by atoms with Crippen LogP contribution in [0.2, 0.25) is 0 Å². The summed E-state index contributed by atoms with van der Waals surface area (Å²) in [6.07, 6.45) is 1.45. The number of hydrogen-bond donors (Lipinski definition) is 0. The van der Waals surface area contributed by atoms with Crippen molar-refractivity contribution in [2.45, 2.75) is 20.8 Å². The Kier molecular flexibility index (Phi) is 6.30. The lowest BCUT2D eigenvalue weighted by molar-refractivity contribution is 0.0474. The molecule has 0 saturated carbocycles. The summed E-state index contributed by atoms with van der Waals surface area (Å²) in [6.45, 7) is 5.99. The summed E-state index contributed by atoms with van der Waals surface area (Å²) in [5.41, 5.74) is 4.16. The fourth-order valence-electron chi connectivity index (χ4n) is 3.62. The van der Waals surface area contributed by atoms with Gasteiger partial charge >= 0.3 is 5.97 Å². The van der Waals surface area contributed by atoms with Crippen molar-refractivity contribution < 1.29 is 19.1 Å². The number of carbonyl (C=O) groups excluding carboxylic acids is 2. The van der Waals surface area contributed by atoms with Crippen LogP contribution in [0.15, 0.2) is 60.9 Å². The van der Waals surface area contributed by atoms with Crippen LogP contribution in [-0.4, -0.2) is 49.7 Å². The topological polar surface area (TPSA) is 101 Å². The highest BCUT2D eigenvalue weighted by molar-refractivity contribution is 6.00. The van der Waals surface area contributed by atoms with Crippen molar-refractivity contribution in [1.29, 1.82) is 0 Å². The molecule has 0 spiro atoms. The Morgan fingerprint density at radius 3 is 2.30 bits per heavy atom. The number of ether oxygens (including phenoxy) is 2. The minimum Gasteiger partial charge on any atom is -0.494 e. The summed E-state index contributed by atoms with van der Waals surface area (Å²) in [4.78, 5) is 25.2. The average Bonchev–Trinajstić information content (AvgIpc) is 3.46. The number of hydrogen-bond acceptors (Lipinski definition) is 7. The first-order valence-corrected chi connectivity index (χ1v) is 10.4. The SMILES string of the molecule is CCOc1ccc(-n2c(C)cc(C(=O)COC(=O)c3ccc(-n4cnnn4)cc3)c2C)cc1. The monoisotopic (exact) mass is 445 g/mol. The van der Waals surface area contributed by atoms with E-state index in [1.807, 2.05) is 55.7 Å². The zero-order chi connectivity index (χ0) is 23.4. The maximum Gasteiger partial charge on any atom is 0.338 e. The van der Waals surface area contributed by atoms with Gasteiger partial charge in [-0.3, -0.25) is 4.79 Å². The van der Waals surface area contributed by atoms with Crippen LogP contribution >= 0.6 is 0 Å². The maximum absolute atomic E-state index is 12.8. The van der Waals surface area contributed by atoms with Crippen LogP contribution in [0.4, 0.5) is 0 Å². The minimum absolute atomic E-state index is 0.265. The van der Waals surface area contributed by atoms with Crippen molar-refractivity contribution in [3.05, 3.63) is 83.4 Å². The molecular weight excluding hydrogens is 422 g/mol. The number of carbonyl (C=O) groups is 2. The molecule has 0 radical (unpaired) electrons. The van der Waals surface area contributed by atoms with E-state index in [1.54, 1.807) is 24.3 Å². The van der Waals surface area contributed by atoms with Crippen molar-refractivity contribution in [3.8, 4) is 17.1 Å². The molecule has 0 unspecified atom stereocenters. The van der Waals surface area contributed by atoms with E-state index in [4.69, 9.17) is 9.47 Å². The number of tetrazole rings is 1. The zero-order valence-corrected chi connectivity index (χ0v) is 18.6. The number of rotatable bonds is 8. The molecule has 2 heterocycles. The third-order valence-corrected chi connectivity index (χ3v) is 5.19. The van der Waals surface area contributed by atoms with Crippen LogP contribution in [0.5, 0.6) is 5.75 Å². The first-order chi connectivity index (χ1) is 16.0. The molecule has 9 nitrogen and oxygen atoms in total. The van der Waals surface area contributed by atoms with Gasteiger partial charge in [0.1, 0.15) is 12.1 Å². The summed E-state index contributed by atoms with van der Waals surface area (Å²) in [7, 11) is 0. The Hall–Kier alpha value is -4.27. The van der Waals surface area contributed by atoms with Crippen molar-refractivity contribution >= 4 is 11.8 Å². The van der Waals surface area contributed by atoms with Crippen LogP contribution in [0.1, 0.15) is 39.0 Å². The molecule has 4 aromatic rings. The Morgan fingerprint density at radius 1 is 0.970 bits per heavy atom. The number of aryl methyl sites for hydroxylation is 1. The van der Waals surface area contributed by atoms with Gasteiger partial charge in [0.2, 0.25) is 5.78 Å². The third-order valence-electron chi connectivity index (χ3n) is 5.19. The number of nitrogens with zero attached hydrogens (tertiary/aromatic N) is 5. The largest absolute Gasteiger partial charge is 0.494 e. The van der Waals surface area contributed by atoms with Crippen molar-refractivity contribution in [2.24, 2.45) is 0 Å². The predicted octanol–water partition coefficient (Wildman–Crippen LogP) is 3.51. The van der Waals surface area contributed by atoms with Gasteiger partial charge in [0.05, 0.1) is 17.9 Å². The molecule has 0 aliphatic carbocycles. The minimum atomic E-state index is -0.577. The van der Waals surface area contributed by atoms with Crippen molar-refractivity contribution in [2.75, 3.05) is 13.2 Å². The van der Waals surface area contributed by atoms with Gasteiger partial charge in [-0.2, -0.15) is 0 Å². The molecular formula is C24H23N5O4. The van der Waals surface area contributed by atoms with Gasteiger partial charge < -0.3 is 14.0 Å². The van der Waals surface area contributed by atoms with Crippen molar-refractivity contribution in [1.82, 2.24) is 24.8 Å². The molecule has 9 heteroatoms. The van der Waals surface area contributed by atoms with Gasteiger partial charge in [0.25, 0.3) is 0 Å². The second kappa shape index (κ2) is 9.47. The molecule has 0 aliphatic heterocycles.